The molecule has 0 heterocycles. The lowest BCUT2D eigenvalue weighted by atomic mass is 10.1. The SMILES string of the molecule is Cc1ccc(C)c(Oc2ccc(CBr)c(Cl)c2)c1C. The topological polar surface area (TPSA) is 9.23 Å². The predicted octanol–water partition coefficient (Wildman–Crippen LogP) is 5.95. The second-order valence-corrected chi connectivity index (χ2v) is 5.61. The first-order chi connectivity index (χ1) is 9.02. The zero-order valence-electron chi connectivity index (χ0n) is 11.3. The third kappa shape index (κ3) is 3.13. The number of hydrogen-bond acceptors (Lipinski definition) is 1. The summed E-state index contributed by atoms with van der Waals surface area (Å²) in [6.45, 7) is 6.21. The van der Waals surface area contributed by atoms with Gasteiger partial charge in [-0.2, -0.15) is 0 Å². The summed E-state index contributed by atoms with van der Waals surface area (Å²) in [5.74, 6) is 1.69. The molecule has 0 amide bonds. The van der Waals surface area contributed by atoms with Gasteiger partial charge in [-0.1, -0.05) is 45.7 Å². The van der Waals surface area contributed by atoms with Gasteiger partial charge in [0.25, 0.3) is 0 Å². The van der Waals surface area contributed by atoms with Crippen LogP contribution in [0.2, 0.25) is 5.02 Å². The Morgan fingerprint density at radius 1 is 1.05 bits per heavy atom. The fourth-order valence-corrected chi connectivity index (χ4v) is 2.79. The van der Waals surface area contributed by atoms with Gasteiger partial charge in [0.15, 0.2) is 0 Å². The fraction of sp³-hybridized carbons (Fsp3) is 0.250. The molecule has 2 rings (SSSR count). The number of hydrogen-bond donors (Lipinski definition) is 0. The lowest BCUT2D eigenvalue weighted by molar-refractivity contribution is 0.474. The van der Waals surface area contributed by atoms with E-state index in [2.05, 4.69) is 48.8 Å². The van der Waals surface area contributed by atoms with Crippen LogP contribution in [0.4, 0.5) is 0 Å². The van der Waals surface area contributed by atoms with Crippen LogP contribution in [0.1, 0.15) is 22.3 Å². The first-order valence-electron chi connectivity index (χ1n) is 6.12. The molecular weight excluding hydrogens is 324 g/mol. The van der Waals surface area contributed by atoms with E-state index < -0.39 is 0 Å². The average Bonchev–Trinajstić information content (AvgIpc) is 2.39. The average molecular weight is 340 g/mol. The molecule has 0 aliphatic carbocycles. The highest BCUT2D eigenvalue weighted by atomic mass is 79.9. The molecule has 0 atom stereocenters. The maximum atomic E-state index is 6.20. The van der Waals surface area contributed by atoms with E-state index in [1.165, 1.54) is 11.1 Å². The van der Waals surface area contributed by atoms with Gasteiger partial charge in [0.1, 0.15) is 11.5 Å². The molecule has 0 saturated heterocycles. The van der Waals surface area contributed by atoms with Gasteiger partial charge < -0.3 is 4.74 Å². The highest BCUT2D eigenvalue weighted by Gasteiger charge is 2.09. The molecule has 0 aromatic heterocycles. The van der Waals surface area contributed by atoms with Crippen LogP contribution in [0.5, 0.6) is 11.5 Å². The van der Waals surface area contributed by atoms with Gasteiger partial charge in [0.2, 0.25) is 0 Å². The smallest absolute Gasteiger partial charge is 0.133 e. The van der Waals surface area contributed by atoms with Crippen molar-refractivity contribution in [3.8, 4) is 11.5 Å². The van der Waals surface area contributed by atoms with Gasteiger partial charge in [0, 0.05) is 10.4 Å². The van der Waals surface area contributed by atoms with E-state index in [-0.39, 0.29) is 0 Å². The Morgan fingerprint density at radius 2 is 1.74 bits per heavy atom. The molecule has 0 spiro atoms. The highest BCUT2D eigenvalue weighted by Crippen LogP contribution is 2.32. The monoisotopic (exact) mass is 338 g/mol. The number of ether oxygens (including phenoxy) is 1. The van der Waals surface area contributed by atoms with E-state index in [1.807, 2.05) is 18.2 Å². The molecule has 0 fully saturated rings. The van der Waals surface area contributed by atoms with Crippen LogP contribution in [0.25, 0.3) is 0 Å². The lowest BCUT2D eigenvalue weighted by Crippen LogP contribution is -1.94. The standard InChI is InChI=1S/C16H16BrClO/c1-10-4-5-11(2)16(12(10)3)19-14-7-6-13(9-17)15(18)8-14/h4-8H,9H2,1-3H3. The molecule has 0 bridgehead atoms. The molecule has 0 N–H and O–H groups in total. The van der Waals surface area contributed by atoms with Crippen molar-refractivity contribution < 1.29 is 4.74 Å². The summed E-state index contributed by atoms with van der Waals surface area (Å²) in [5.41, 5.74) is 4.58. The molecule has 3 heteroatoms. The summed E-state index contributed by atoms with van der Waals surface area (Å²) >= 11 is 9.60. The van der Waals surface area contributed by atoms with E-state index in [4.69, 9.17) is 16.3 Å². The Labute approximate surface area is 127 Å². The Kier molecular flexibility index (Phi) is 4.54. The molecule has 1 nitrogen and oxygen atoms in total. The van der Waals surface area contributed by atoms with Gasteiger partial charge in [-0.3, -0.25) is 0 Å². The first-order valence-corrected chi connectivity index (χ1v) is 7.62. The number of aryl methyl sites for hydroxylation is 2. The molecular formula is C16H16BrClO. The maximum Gasteiger partial charge on any atom is 0.133 e. The van der Waals surface area contributed by atoms with Crippen LogP contribution >= 0.6 is 27.5 Å². The third-order valence-electron chi connectivity index (χ3n) is 3.26. The van der Waals surface area contributed by atoms with Crippen LogP contribution in [0, 0.1) is 20.8 Å². The van der Waals surface area contributed by atoms with Gasteiger partial charge in [-0.15, -0.1) is 0 Å². The highest BCUT2D eigenvalue weighted by molar-refractivity contribution is 9.08. The largest absolute Gasteiger partial charge is 0.457 e. The number of benzene rings is 2. The molecule has 0 saturated carbocycles. The summed E-state index contributed by atoms with van der Waals surface area (Å²) in [5, 5.41) is 1.46. The van der Waals surface area contributed by atoms with E-state index in [0.717, 1.165) is 33.0 Å². The molecule has 100 valence electrons. The van der Waals surface area contributed by atoms with Crippen molar-refractivity contribution in [2.45, 2.75) is 26.1 Å². The molecule has 0 aliphatic rings. The van der Waals surface area contributed by atoms with Gasteiger partial charge in [-0.25, -0.2) is 0 Å². The molecule has 19 heavy (non-hydrogen) atoms. The van der Waals surface area contributed by atoms with Gasteiger partial charge in [-0.05, 0) is 55.2 Å². The van der Waals surface area contributed by atoms with E-state index in [1.54, 1.807) is 0 Å². The molecule has 0 unspecified atom stereocenters. The molecule has 2 aromatic rings. The minimum Gasteiger partial charge on any atom is -0.457 e. The van der Waals surface area contributed by atoms with Crippen LogP contribution in [0.15, 0.2) is 30.3 Å². The summed E-state index contributed by atoms with van der Waals surface area (Å²) in [6.07, 6.45) is 0. The third-order valence-corrected chi connectivity index (χ3v) is 4.22. The van der Waals surface area contributed by atoms with Gasteiger partial charge in [0.05, 0.1) is 0 Å². The first kappa shape index (κ1) is 14.4. The predicted molar refractivity (Wildman–Crippen MR) is 84.8 cm³/mol. The lowest BCUT2D eigenvalue weighted by Gasteiger charge is -2.14. The molecule has 0 aliphatic heterocycles. The van der Waals surface area contributed by atoms with Crippen LogP contribution in [-0.4, -0.2) is 0 Å². The fourth-order valence-electron chi connectivity index (χ4n) is 1.90. The molecule has 2 aromatic carbocycles. The Hall–Kier alpha value is -0.990. The maximum absolute atomic E-state index is 6.20. The van der Waals surface area contributed by atoms with Gasteiger partial charge >= 0.3 is 0 Å². The summed E-state index contributed by atoms with van der Waals surface area (Å²) in [7, 11) is 0. The van der Waals surface area contributed by atoms with Crippen molar-refractivity contribution in [3.63, 3.8) is 0 Å². The number of rotatable bonds is 3. The zero-order chi connectivity index (χ0) is 14.0. The minimum atomic E-state index is 0.720. The van der Waals surface area contributed by atoms with Crippen LogP contribution < -0.4 is 4.74 Å². The number of halogens is 2. The Balaban J connectivity index is 2.36. The van der Waals surface area contributed by atoms with E-state index in [0.29, 0.717) is 0 Å². The van der Waals surface area contributed by atoms with Crippen molar-refractivity contribution >= 4 is 27.5 Å². The van der Waals surface area contributed by atoms with Crippen molar-refractivity contribution in [3.05, 3.63) is 57.6 Å². The second kappa shape index (κ2) is 5.98. The Bertz CT molecular complexity index is 608. The van der Waals surface area contributed by atoms with Crippen molar-refractivity contribution in [1.82, 2.24) is 0 Å². The summed E-state index contributed by atoms with van der Waals surface area (Å²) < 4.78 is 6.00. The van der Waals surface area contributed by atoms with E-state index in [9.17, 15) is 0 Å². The van der Waals surface area contributed by atoms with Crippen LogP contribution in [0.3, 0.4) is 0 Å². The van der Waals surface area contributed by atoms with Crippen molar-refractivity contribution in [2.24, 2.45) is 0 Å². The normalized spacial score (nSPS) is 10.6. The molecule has 0 radical (unpaired) electrons. The Morgan fingerprint density at radius 3 is 2.37 bits per heavy atom. The minimum absolute atomic E-state index is 0.720. The summed E-state index contributed by atoms with van der Waals surface area (Å²) in [6, 6.07) is 9.97. The van der Waals surface area contributed by atoms with Crippen molar-refractivity contribution in [1.29, 1.82) is 0 Å². The number of alkyl halides is 1. The van der Waals surface area contributed by atoms with Crippen molar-refractivity contribution in [2.75, 3.05) is 0 Å². The van der Waals surface area contributed by atoms with Crippen LogP contribution in [-0.2, 0) is 5.33 Å². The quantitative estimate of drug-likeness (QED) is 0.628. The summed E-state index contributed by atoms with van der Waals surface area (Å²) in [4.78, 5) is 0. The van der Waals surface area contributed by atoms with E-state index >= 15 is 0 Å². The zero-order valence-corrected chi connectivity index (χ0v) is 13.6. The second-order valence-electron chi connectivity index (χ2n) is 4.64.